The minimum absolute atomic E-state index is 0.209. The summed E-state index contributed by atoms with van der Waals surface area (Å²) in [6.07, 6.45) is 2.36. The summed E-state index contributed by atoms with van der Waals surface area (Å²) in [4.78, 5) is 13.9. The predicted octanol–water partition coefficient (Wildman–Crippen LogP) is 3.51. The van der Waals surface area contributed by atoms with Crippen LogP contribution < -0.4 is 10.2 Å². The number of amides is 1. The molecule has 1 amide bonds. The minimum Gasteiger partial charge on any atom is -0.370 e. The number of alkyl halides is 1. The summed E-state index contributed by atoms with van der Waals surface area (Å²) >= 11 is 11.8. The van der Waals surface area contributed by atoms with E-state index < -0.39 is 5.38 Å². The highest BCUT2D eigenvalue weighted by molar-refractivity contribution is 6.33. The standard InChI is InChI=1S/C13H16Cl2N2O/c1-9(14)13(18)16-11-8-10(15)4-5-12(11)17-6-2-3-7-17/h4-5,8-9H,2-3,6-7H2,1H3,(H,16,18)/t9-/m0/s1. The van der Waals surface area contributed by atoms with E-state index in [4.69, 9.17) is 23.2 Å². The van der Waals surface area contributed by atoms with Gasteiger partial charge in [-0.1, -0.05) is 11.6 Å². The Balaban J connectivity index is 2.25. The van der Waals surface area contributed by atoms with Crippen molar-refractivity contribution in [3.8, 4) is 0 Å². The summed E-state index contributed by atoms with van der Waals surface area (Å²) in [5.74, 6) is -0.209. The van der Waals surface area contributed by atoms with E-state index in [2.05, 4.69) is 10.2 Å². The Kier molecular flexibility index (Phi) is 4.36. The van der Waals surface area contributed by atoms with Crippen LogP contribution in [-0.2, 0) is 4.79 Å². The lowest BCUT2D eigenvalue weighted by atomic mass is 10.2. The van der Waals surface area contributed by atoms with Crippen molar-refractivity contribution in [2.45, 2.75) is 25.1 Å². The van der Waals surface area contributed by atoms with Crippen molar-refractivity contribution in [2.24, 2.45) is 0 Å². The van der Waals surface area contributed by atoms with E-state index in [0.717, 1.165) is 24.5 Å². The molecule has 1 atom stereocenters. The van der Waals surface area contributed by atoms with Gasteiger partial charge in [0.15, 0.2) is 0 Å². The first-order valence-electron chi connectivity index (χ1n) is 6.07. The molecule has 0 spiro atoms. The van der Waals surface area contributed by atoms with Crippen LogP contribution in [0.1, 0.15) is 19.8 Å². The monoisotopic (exact) mass is 286 g/mol. The molecular formula is C13H16Cl2N2O. The molecular weight excluding hydrogens is 271 g/mol. The van der Waals surface area contributed by atoms with Crippen molar-refractivity contribution < 1.29 is 4.79 Å². The average molecular weight is 287 g/mol. The second-order valence-electron chi connectivity index (χ2n) is 4.46. The Hall–Kier alpha value is -0.930. The van der Waals surface area contributed by atoms with Gasteiger partial charge in [0, 0.05) is 18.1 Å². The van der Waals surface area contributed by atoms with E-state index >= 15 is 0 Å². The number of hydrogen-bond donors (Lipinski definition) is 1. The number of carbonyl (C=O) groups is 1. The lowest BCUT2D eigenvalue weighted by molar-refractivity contribution is -0.115. The molecule has 1 heterocycles. The van der Waals surface area contributed by atoms with Gasteiger partial charge in [-0.3, -0.25) is 4.79 Å². The molecule has 1 aliphatic rings. The maximum absolute atomic E-state index is 11.7. The summed E-state index contributed by atoms with van der Waals surface area (Å²) in [6, 6.07) is 5.56. The largest absolute Gasteiger partial charge is 0.370 e. The molecule has 1 aromatic rings. The molecule has 3 nitrogen and oxygen atoms in total. The van der Waals surface area contributed by atoms with Crippen molar-refractivity contribution >= 4 is 40.5 Å². The molecule has 1 fully saturated rings. The molecule has 18 heavy (non-hydrogen) atoms. The fourth-order valence-electron chi connectivity index (χ4n) is 2.07. The molecule has 2 rings (SSSR count). The summed E-state index contributed by atoms with van der Waals surface area (Å²) in [5.41, 5.74) is 1.75. The average Bonchev–Trinajstić information content (AvgIpc) is 2.82. The van der Waals surface area contributed by atoms with Gasteiger partial charge in [-0.25, -0.2) is 0 Å². The molecule has 0 aliphatic carbocycles. The van der Waals surface area contributed by atoms with Crippen molar-refractivity contribution in [3.05, 3.63) is 23.2 Å². The van der Waals surface area contributed by atoms with Gasteiger partial charge in [-0.2, -0.15) is 0 Å². The number of benzene rings is 1. The van der Waals surface area contributed by atoms with Gasteiger partial charge in [0.2, 0.25) is 5.91 Å². The molecule has 1 aliphatic heterocycles. The third-order valence-electron chi connectivity index (χ3n) is 3.02. The summed E-state index contributed by atoms with van der Waals surface area (Å²) in [5, 5.41) is 2.88. The maximum atomic E-state index is 11.7. The molecule has 98 valence electrons. The highest BCUT2D eigenvalue weighted by Gasteiger charge is 2.18. The highest BCUT2D eigenvalue weighted by atomic mass is 35.5. The van der Waals surface area contributed by atoms with Gasteiger partial charge in [0.1, 0.15) is 5.38 Å². The molecule has 0 radical (unpaired) electrons. The minimum atomic E-state index is -0.560. The fourth-order valence-corrected chi connectivity index (χ4v) is 2.30. The maximum Gasteiger partial charge on any atom is 0.242 e. The van der Waals surface area contributed by atoms with E-state index in [1.54, 1.807) is 13.0 Å². The first-order valence-corrected chi connectivity index (χ1v) is 6.89. The van der Waals surface area contributed by atoms with Crippen LogP contribution in [0, 0.1) is 0 Å². The highest BCUT2D eigenvalue weighted by Crippen LogP contribution is 2.31. The lowest BCUT2D eigenvalue weighted by Gasteiger charge is -2.22. The predicted molar refractivity (Wildman–Crippen MR) is 76.8 cm³/mol. The summed E-state index contributed by atoms with van der Waals surface area (Å²) in [7, 11) is 0. The summed E-state index contributed by atoms with van der Waals surface area (Å²) in [6.45, 7) is 3.68. The molecule has 0 saturated carbocycles. The number of halogens is 2. The van der Waals surface area contributed by atoms with E-state index in [-0.39, 0.29) is 5.91 Å². The Bertz CT molecular complexity index is 443. The van der Waals surface area contributed by atoms with Gasteiger partial charge >= 0.3 is 0 Å². The number of rotatable bonds is 3. The third kappa shape index (κ3) is 3.09. The van der Waals surface area contributed by atoms with Crippen molar-refractivity contribution in [1.29, 1.82) is 0 Å². The molecule has 1 N–H and O–H groups in total. The smallest absolute Gasteiger partial charge is 0.242 e. The van der Waals surface area contributed by atoms with Gasteiger partial charge in [0.05, 0.1) is 11.4 Å². The fraction of sp³-hybridized carbons (Fsp3) is 0.462. The zero-order valence-corrected chi connectivity index (χ0v) is 11.8. The Morgan fingerprint density at radius 1 is 1.39 bits per heavy atom. The van der Waals surface area contributed by atoms with Gasteiger partial charge in [-0.05, 0) is 38.0 Å². The second-order valence-corrected chi connectivity index (χ2v) is 5.55. The van der Waals surface area contributed by atoms with Crippen molar-refractivity contribution in [3.63, 3.8) is 0 Å². The third-order valence-corrected chi connectivity index (χ3v) is 3.46. The zero-order chi connectivity index (χ0) is 13.1. The van der Waals surface area contributed by atoms with Crippen LogP contribution in [-0.4, -0.2) is 24.4 Å². The molecule has 0 aromatic heterocycles. The van der Waals surface area contributed by atoms with Crippen LogP contribution in [0.5, 0.6) is 0 Å². The van der Waals surface area contributed by atoms with Gasteiger partial charge in [-0.15, -0.1) is 11.6 Å². The van der Waals surface area contributed by atoms with E-state index in [1.807, 2.05) is 12.1 Å². The van der Waals surface area contributed by atoms with E-state index in [1.165, 1.54) is 12.8 Å². The lowest BCUT2D eigenvalue weighted by Crippen LogP contribution is -2.24. The van der Waals surface area contributed by atoms with E-state index in [9.17, 15) is 4.79 Å². The van der Waals surface area contributed by atoms with Crippen molar-refractivity contribution in [2.75, 3.05) is 23.3 Å². The Morgan fingerprint density at radius 3 is 2.67 bits per heavy atom. The topological polar surface area (TPSA) is 32.3 Å². The molecule has 1 saturated heterocycles. The number of nitrogens with one attached hydrogen (secondary N) is 1. The zero-order valence-electron chi connectivity index (χ0n) is 10.2. The van der Waals surface area contributed by atoms with Gasteiger partial charge in [0.25, 0.3) is 0 Å². The SMILES string of the molecule is C[C@H](Cl)C(=O)Nc1cc(Cl)ccc1N1CCCC1. The Labute approximate surface area is 117 Å². The molecule has 0 unspecified atom stereocenters. The van der Waals surface area contributed by atoms with E-state index in [0.29, 0.717) is 5.02 Å². The van der Waals surface area contributed by atoms with Crippen LogP contribution in [0.15, 0.2) is 18.2 Å². The second kappa shape index (κ2) is 5.81. The number of anilines is 2. The van der Waals surface area contributed by atoms with Crippen LogP contribution in [0.4, 0.5) is 11.4 Å². The quantitative estimate of drug-likeness (QED) is 0.863. The van der Waals surface area contributed by atoms with Crippen LogP contribution in [0.3, 0.4) is 0 Å². The van der Waals surface area contributed by atoms with Crippen LogP contribution >= 0.6 is 23.2 Å². The first-order chi connectivity index (χ1) is 8.58. The number of hydrogen-bond acceptors (Lipinski definition) is 2. The van der Waals surface area contributed by atoms with Crippen LogP contribution in [0.25, 0.3) is 0 Å². The number of carbonyl (C=O) groups excluding carboxylic acids is 1. The summed E-state index contributed by atoms with van der Waals surface area (Å²) < 4.78 is 0. The van der Waals surface area contributed by atoms with Crippen molar-refractivity contribution in [1.82, 2.24) is 0 Å². The number of nitrogens with zero attached hydrogens (tertiary/aromatic N) is 1. The van der Waals surface area contributed by atoms with Gasteiger partial charge < -0.3 is 10.2 Å². The molecule has 0 bridgehead atoms. The first kappa shape index (κ1) is 13.5. The molecule has 5 heteroatoms. The normalized spacial score (nSPS) is 16.7. The molecule has 1 aromatic carbocycles. The van der Waals surface area contributed by atoms with Crippen LogP contribution in [0.2, 0.25) is 5.02 Å². The Morgan fingerprint density at radius 2 is 2.06 bits per heavy atom.